The molecular weight excluding hydrogens is 380 g/mol. The molecule has 2 aromatic rings. The lowest BCUT2D eigenvalue weighted by atomic mass is 10.2. The van der Waals surface area contributed by atoms with Crippen LogP contribution in [0.25, 0.3) is 5.69 Å². The highest BCUT2D eigenvalue weighted by molar-refractivity contribution is 5.93. The molecule has 2 aliphatic heterocycles. The van der Waals surface area contributed by atoms with Crippen LogP contribution in [0, 0.1) is 6.92 Å². The van der Waals surface area contributed by atoms with Crippen molar-refractivity contribution in [1.82, 2.24) is 29.7 Å². The van der Waals surface area contributed by atoms with Crippen LogP contribution in [0.4, 0.5) is 0 Å². The van der Waals surface area contributed by atoms with E-state index in [0.717, 1.165) is 31.6 Å². The lowest BCUT2D eigenvalue weighted by Crippen LogP contribution is -2.51. The Morgan fingerprint density at radius 3 is 2.17 bits per heavy atom. The summed E-state index contributed by atoms with van der Waals surface area (Å²) >= 11 is 0. The largest absolute Gasteiger partial charge is 0.342 e. The van der Waals surface area contributed by atoms with Gasteiger partial charge in [0.2, 0.25) is 5.91 Å². The monoisotopic (exact) mass is 410 g/mol. The zero-order chi connectivity index (χ0) is 20.9. The fourth-order valence-corrected chi connectivity index (χ4v) is 4.12. The quantitative estimate of drug-likeness (QED) is 0.768. The van der Waals surface area contributed by atoms with Gasteiger partial charge in [0.15, 0.2) is 5.69 Å². The standard InChI is InChI=1S/C22H30N6O2/c1-18-21(24-28(23-18)19-9-5-4-6-10-19)22(30)27-15-13-25(14-16-27)17-20(29)26-11-7-2-3-8-12-26/h4-6,9-10H,2-3,7-8,11-17H2,1H3. The molecule has 160 valence electrons. The number of aromatic nitrogens is 3. The van der Waals surface area contributed by atoms with Crippen molar-refractivity contribution < 1.29 is 9.59 Å². The van der Waals surface area contributed by atoms with Gasteiger partial charge in [0.25, 0.3) is 5.91 Å². The summed E-state index contributed by atoms with van der Waals surface area (Å²) in [6.07, 6.45) is 4.66. The Morgan fingerprint density at radius 1 is 0.833 bits per heavy atom. The summed E-state index contributed by atoms with van der Waals surface area (Å²) in [5.74, 6) is 0.131. The third-order valence-corrected chi connectivity index (χ3v) is 5.95. The molecule has 2 amide bonds. The topological polar surface area (TPSA) is 74.6 Å². The van der Waals surface area contributed by atoms with Crippen LogP contribution < -0.4 is 0 Å². The summed E-state index contributed by atoms with van der Waals surface area (Å²) in [7, 11) is 0. The number of hydrogen-bond acceptors (Lipinski definition) is 5. The van der Waals surface area contributed by atoms with E-state index in [1.807, 2.05) is 47.1 Å². The Labute approximate surface area is 177 Å². The summed E-state index contributed by atoms with van der Waals surface area (Å²) in [6.45, 7) is 6.64. The van der Waals surface area contributed by atoms with E-state index >= 15 is 0 Å². The van der Waals surface area contributed by atoms with E-state index in [2.05, 4.69) is 15.1 Å². The van der Waals surface area contributed by atoms with Crippen LogP contribution in [0.2, 0.25) is 0 Å². The zero-order valence-electron chi connectivity index (χ0n) is 17.7. The van der Waals surface area contributed by atoms with Crippen molar-refractivity contribution in [2.24, 2.45) is 0 Å². The van der Waals surface area contributed by atoms with Crippen LogP contribution in [0.15, 0.2) is 30.3 Å². The Bertz CT molecular complexity index is 865. The maximum atomic E-state index is 13.0. The van der Waals surface area contributed by atoms with Gasteiger partial charge in [0, 0.05) is 39.3 Å². The lowest BCUT2D eigenvalue weighted by molar-refractivity contribution is -0.132. The Kier molecular flexibility index (Phi) is 6.42. The van der Waals surface area contributed by atoms with Crippen LogP contribution >= 0.6 is 0 Å². The number of amides is 2. The second-order valence-electron chi connectivity index (χ2n) is 8.12. The fourth-order valence-electron chi connectivity index (χ4n) is 4.12. The number of carbonyl (C=O) groups is 2. The zero-order valence-corrected chi connectivity index (χ0v) is 17.7. The minimum absolute atomic E-state index is 0.0897. The second kappa shape index (κ2) is 9.38. The van der Waals surface area contributed by atoms with Gasteiger partial charge < -0.3 is 9.80 Å². The van der Waals surface area contributed by atoms with Crippen LogP contribution in [-0.2, 0) is 4.79 Å². The van der Waals surface area contributed by atoms with Crippen molar-refractivity contribution in [2.45, 2.75) is 32.6 Å². The summed E-state index contributed by atoms with van der Waals surface area (Å²) in [5.41, 5.74) is 1.85. The van der Waals surface area contributed by atoms with Gasteiger partial charge in [-0.05, 0) is 31.9 Å². The van der Waals surface area contributed by atoms with Crippen LogP contribution in [0.3, 0.4) is 0 Å². The van der Waals surface area contributed by atoms with Crippen molar-refractivity contribution in [1.29, 1.82) is 0 Å². The molecule has 0 aliphatic carbocycles. The van der Waals surface area contributed by atoms with Gasteiger partial charge >= 0.3 is 0 Å². The molecule has 4 rings (SSSR count). The van der Waals surface area contributed by atoms with Crippen molar-refractivity contribution in [3.63, 3.8) is 0 Å². The minimum Gasteiger partial charge on any atom is -0.342 e. The molecule has 1 aromatic heterocycles. The van der Waals surface area contributed by atoms with Gasteiger partial charge in [0.05, 0.1) is 17.9 Å². The van der Waals surface area contributed by atoms with Gasteiger partial charge in [-0.1, -0.05) is 31.0 Å². The molecule has 0 N–H and O–H groups in total. The van der Waals surface area contributed by atoms with Gasteiger partial charge in [-0.3, -0.25) is 14.5 Å². The van der Waals surface area contributed by atoms with E-state index in [1.54, 1.807) is 0 Å². The minimum atomic E-state index is -0.0897. The SMILES string of the molecule is Cc1nn(-c2ccccc2)nc1C(=O)N1CCN(CC(=O)N2CCCCCC2)CC1. The van der Waals surface area contributed by atoms with Gasteiger partial charge in [-0.25, -0.2) is 0 Å². The van der Waals surface area contributed by atoms with Crippen molar-refractivity contribution in [2.75, 3.05) is 45.8 Å². The molecule has 2 aliphatic rings. The Hall–Kier alpha value is -2.74. The van der Waals surface area contributed by atoms with Gasteiger partial charge in [-0.2, -0.15) is 9.90 Å². The number of benzene rings is 1. The predicted octanol–water partition coefficient (Wildman–Crippen LogP) is 1.74. The average molecular weight is 411 g/mol. The molecule has 0 radical (unpaired) electrons. The first kappa shape index (κ1) is 20.5. The number of hydrogen-bond donors (Lipinski definition) is 0. The maximum absolute atomic E-state index is 13.0. The van der Waals surface area contributed by atoms with Crippen molar-refractivity contribution in [3.8, 4) is 5.69 Å². The predicted molar refractivity (Wildman–Crippen MR) is 113 cm³/mol. The van der Waals surface area contributed by atoms with Crippen LogP contribution in [-0.4, -0.2) is 87.3 Å². The number of para-hydroxylation sites is 1. The first-order chi connectivity index (χ1) is 14.6. The summed E-state index contributed by atoms with van der Waals surface area (Å²) < 4.78 is 0. The Morgan fingerprint density at radius 2 is 1.50 bits per heavy atom. The Balaban J connectivity index is 1.32. The average Bonchev–Trinajstić information content (AvgIpc) is 2.98. The first-order valence-electron chi connectivity index (χ1n) is 10.9. The number of nitrogens with zero attached hydrogens (tertiary/aromatic N) is 6. The molecule has 8 nitrogen and oxygen atoms in total. The lowest BCUT2D eigenvalue weighted by Gasteiger charge is -2.35. The molecule has 1 aromatic carbocycles. The number of carbonyl (C=O) groups excluding carboxylic acids is 2. The third-order valence-electron chi connectivity index (χ3n) is 5.95. The molecule has 3 heterocycles. The summed E-state index contributed by atoms with van der Waals surface area (Å²) in [6, 6.07) is 9.59. The van der Waals surface area contributed by atoms with Crippen molar-refractivity contribution in [3.05, 3.63) is 41.7 Å². The molecule has 30 heavy (non-hydrogen) atoms. The summed E-state index contributed by atoms with van der Waals surface area (Å²) in [5, 5.41) is 8.84. The molecule has 0 spiro atoms. The number of likely N-dealkylation sites (tertiary alicyclic amines) is 1. The molecule has 8 heteroatoms. The highest BCUT2D eigenvalue weighted by Crippen LogP contribution is 2.14. The van der Waals surface area contributed by atoms with Crippen LogP contribution in [0.5, 0.6) is 0 Å². The molecule has 2 saturated heterocycles. The molecule has 0 unspecified atom stereocenters. The highest BCUT2D eigenvalue weighted by Gasteiger charge is 2.27. The highest BCUT2D eigenvalue weighted by atomic mass is 16.2. The summed E-state index contributed by atoms with van der Waals surface area (Å²) in [4.78, 5) is 33.1. The number of aryl methyl sites for hydroxylation is 1. The maximum Gasteiger partial charge on any atom is 0.276 e. The molecular formula is C22H30N6O2. The van der Waals surface area contributed by atoms with Crippen molar-refractivity contribution >= 4 is 11.8 Å². The molecule has 0 bridgehead atoms. The molecule has 0 saturated carbocycles. The van der Waals surface area contributed by atoms with Gasteiger partial charge in [-0.15, -0.1) is 5.10 Å². The number of piperazine rings is 1. The van der Waals surface area contributed by atoms with Crippen LogP contribution in [0.1, 0.15) is 41.9 Å². The molecule has 0 atom stereocenters. The smallest absolute Gasteiger partial charge is 0.276 e. The van der Waals surface area contributed by atoms with E-state index < -0.39 is 0 Å². The van der Waals surface area contributed by atoms with E-state index in [0.29, 0.717) is 44.1 Å². The van der Waals surface area contributed by atoms with E-state index in [-0.39, 0.29) is 11.8 Å². The number of rotatable bonds is 4. The van der Waals surface area contributed by atoms with Gasteiger partial charge in [0.1, 0.15) is 0 Å². The third kappa shape index (κ3) is 4.70. The fraction of sp³-hybridized carbons (Fsp3) is 0.545. The molecule has 2 fully saturated rings. The van der Waals surface area contributed by atoms with E-state index in [1.165, 1.54) is 17.6 Å². The second-order valence-corrected chi connectivity index (χ2v) is 8.12. The van der Waals surface area contributed by atoms with E-state index in [9.17, 15) is 9.59 Å². The van der Waals surface area contributed by atoms with E-state index in [4.69, 9.17) is 0 Å². The first-order valence-corrected chi connectivity index (χ1v) is 10.9. The normalized spacial score (nSPS) is 18.3.